The molecule has 21 heavy (non-hydrogen) atoms. The molecule has 0 fully saturated rings. The lowest BCUT2D eigenvalue weighted by Crippen LogP contribution is -2.28. The van der Waals surface area contributed by atoms with E-state index in [2.05, 4.69) is 21.4 Å². The second kappa shape index (κ2) is 6.72. The summed E-state index contributed by atoms with van der Waals surface area (Å²) < 4.78 is 7.10. The highest BCUT2D eigenvalue weighted by Gasteiger charge is 2.12. The number of methoxy groups -OCH3 is 1. The average molecular weight is 302 g/mol. The largest absolute Gasteiger partial charge is 0.497 e. The Morgan fingerprint density at radius 3 is 2.86 bits per heavy atom. The second-order valence-corrected chi connectivity index (χ2v) is 4.53. The third kappa shape index (κ3) is 3.49. The van der Waals surface area contributed by atoms with Gasteiger partial charge >= 0.3 is 0 Å². The molecule has 0 aliphatic carbocycles. The molecule has 2 N–H and O–H groups in total. The van der Waals surface area contributed by atoms with Crippen molar-refractivity contribution in [3.05, 3.63) is 29.0 Å². The van der Waals surface area contributed by atoms with Crippen molar-refractivity contribution in [2.75, 3.05) is 13.7 Å². The van der Waals surface area contributed by atoms with Gasteiger partial charge in [-0.2, -0.15) is 5.10 Å². The molecular formula is C14H14N4O2S. The molecule has 6 nitrogen and oxygen atoms in total. The molecule has 1 heterocycles. The maximum Gasteiger partial charge on any atom is 0.240 e. The van der Waals surface area contributed by atoms with E-state index in [-0.39, 0.29) is 19.0 Å². The first-order valence-corrected chi connectivity index (χ1v) is 6.56. The summed E-state index contributed by atoms with van der Waals surface area (Å²) in [6, 6.07) is 7.32. The molecular weight excluding hydrogens is 288 g/mol. The molecule has 0 spiro atoms. The smallest absolute Gasteiger partial charge is 0.240 e. The molecule has 0 aliphatic heterocycles. The summed E-state index contributed by atoms with van der Waals surface area (Å²) in [6.45, 7) is 0.236. The quantitative estimate of drug-likeness (QED) is 0.646. The fourth-order valence-electron chi connectivity index (χ4n) is 1.77. The van der Waals surface area contributed by atoms with E-state index in [0.717, 1.165) is 11.3 Å². The third-order valence-electron chi connectivity index (χ3n) is 2.80. The van der Waals surface area contributed by atoms with Crippen LogP contribution in [0.2, 0.25) is 0 Å². The monoisotopic (exact) mass is 302 g/mol. The van der Waals surface area contributed by atoms with Crippen LogP contribution in [0.3, 0.4) is 0 Å². The maximum absolute atomic E-state index is 11.8. The molecule has 2 aromatic rings. The molecule has 0 unspecified atom stereocenters. The van der Waals surface area contributed by atoms with Crippen LogP contribution in [0.5, 0.6) is 5.75 Å². The standard InChI is InChI=1S/C14H14N4O2S/c1-3-8-15-12(19)9-18-13(16-17-14(18)21)10-4-6-11(20-2)7-5-10/h1,4-7H,8-9H2,2H3,(H,15,19)(H,17,21). The normalized spacial score (nSPS) is 9.90. The van der Waals surface area contributed by atoms with Gasteiger partial charge in [0.2, 0.25) is 5.91 Å². The minimum Gasteiger partial charge on any atom is -0.497 e. The van der Waals surface area contributed by atoms with Gasteiger partial charge < -0.3 is 10.1 Å². The van der Waals surface area contributed by atoms with Crippen molar-refractivity contribution in [2.24, 2.45) is 0 Å². The van der Waals surface area contributed by atoms with Gasteiger partial charge in [0.15, 0.2) is 10.6 Å². The number of hydrogen-bond donors (Lipinski definition) is 2. The van der Waals surface area contributed by atoms with Gasteiger partial charge in [-0.15, -0.1) is 6.42 Å². The molecule has 1 aromatic heterocycles. The van der Waals surface area contributed by atoms with Gasteiger partial charge in [0.25, 0.3) is 0 Å². The van der Waals surface area contributed by atoms with E-state index in [4.69, 9.17) is 23.4 Å². The predicted octanol–water partition coefficient (Wildman–Crippen LogP) is 1.37. The zero-order chi connectivity index (χ0) is 15.2. The maximum atomic E-state index is 11.8. The molecule has 0 atom stereocenters. The van der Waals surface area contributed by atoms with Gasteiger partial charge in [0, 0.05) is 5.56 Å². The summed E-state index contributed by atoms with van der Waals surface area (Å²) in [7, 11) is 1.60. The Labute approximate surface area is 127 Å². The first-order chi connectivity index (χ1) is 10.2. The average Bonchev–Trinajstić information content (AvgIpc) is 2.86. The van der Waals surface area contributed by atoms with Gasteiger partial charge in [-0.25, -0.2) is 0 Å². The number of nitrogens with one attached hydrogen (secondary N) is 2. The fraction of sp³-hybridized carbons (Fsp3) is 0.214. The summed E-state index contributed by atoms with van der Waals surface area (Å²) in [5, 5.41) is 9.44. The van der Waals surface area contributed by atoms with E-state index in [1.54, 1.807) is 11.7 Å². The van der Waals surface area contributed by atoms with Crippen molar-refractivity contribution in [3.63, 3.8) is 0 Å². The van der Waals surface area contributed by atoms with Crippen molar-refractivity contribution < 1.29 is 9.53 Å². The Morgan fingerprint density at radius 1 is 1.52 bits per heavy atom. The number of carbonyl (C=O) groups excluding carboxylic acids is 1. The van der Waals surface area contributed by atoms with E-state index in [0.29, 0.717) is 10.6 Å². The Hall–Kier alpha value is -2.59. The Bertz CT molecular complexity index is 725. The van der Waals surface area contributed by atoms with E-state index in [1.807, 2.05) is 24.3 Å². The minimum absolute atomic E-state index is 0.0539. The van der Waals surface area contributed by atoms with Crippen molar-refractivity contribution >= 4 is 18.1 Å². The van der Waals surface area contributed by atoms with Crippen LogP contribution in [0.1, 0.15) is 0 Å². The summed E-state index contributed by atoms with van der Waals surface area (Å²) in [5.41, 5.74) is 0.827. The SMILES string of the molecule is C#CCNC(=O)Cn1c(-c2ccc(OC)cc2)n[nH]c1=S. The Morgan fingerprint density at radius 2 is 2.24 bits per heavy atom. The molecule has 0 saturated heterocycles. The summed E-state index contributed by atoms with van der Waals surface area (Å²) >= 11 is 5.15. The van der Waals surface area contributed by atoms with Crippen LogP contribution < -0.4 is 10.1 Å². The summed E-state index contributed by atoms with van der Waals surface area (Å²) in [4.78, 5) is 11.8. The van der Waals surface area contributed by atoms with Gasteiger partial charge in [-0.05, 0) is 36.5 Å². The third-order valence-corrected chi connectivity index (χ3v) is 3.11. The van der Waals surface area contributed by atoms with E-state index < -0.39 is 0 Å². The number of carbonyl (C=O) groups is 1. The molecule has 1 amide bonds. The van der Waals surface area contributed by atoms with Crippen molar-refractivity contribution in [2.45, 2.75) is 6.54 Å². The number of H-pyrrole nitrogens is 1. The first kappa shape index (κ1) is 14.8. The highest BCUT2D eigenvalue weighted by atomic mass is 32.1. The molecule has 0 aliphatic rings. The van der Waals surface area contributed by atoms with Gasteiger partial charge in [0.1, 0.15) is 12.3 Å². The van der Waals surface area contributed by atoms with Crippen molar-refractivity contribution in [3.8, 4) is 29.5 Å². The number of aromatic amines is 1. The number of nitrogens with zero attached hydrogens (tertiary/aromatic N) is 2. The van der Waals surface area contributed by atoms with Gasteiger partial charge in [-0.3, -0.25) is 14.5 Å². The Kier molecular flexibility index (Phi) is 4.74. The van der Waals surface area contributed by atoms with Gasteiger partial charge in [-0.1, -0.05) is 5.92 Å². The lowest BCUT2D eigenvalue weighted by Gasteiger charge is -2.07. The lowest BCUT2D eigenvalue weighted by molar-refractivity contribution is -0.121. The number of amides is 1. The molecule has 7 heteroatoms. The molecule has 1 aromatic carbocycles. The molecule has 0 radical (unpaired) electrons. The van der Waals surface area contributed by atoms with E-state index >= 15 is 0 Å². The first-order valence-electron chi connectivity index (χ1n) is 6.15. The highest BCUT2D eigenvalue weighted by Crippen LogP contribution is 2.20. The van der Waals surface area contributed by atoms with Crippen LogP contribution in [0.25, 0.3) is 11.4 Å². The lowest BCUT2D eigenvalue weighted by atomic mass is 10.2. The topological polar surface area (TPSA) is 71.9 Å². The second-order valence-electron chi connectivity index (χ2n) is 4.15. The van der Waals surface area contributed by atoms with Crippen LogP contribution in [-0.4, -0.2) is 34.3 Å². The highest BCUT2D eigenvalue weighted by molar-refractivity contribution is 7.71. The summed E-state index contributed by atoms with van der Waals surface area (Å²) in [5.74, 6) is 3.45. The zero-order valence-electron chi connectivity index (χ0n) is 11.4. The molecule has 0 bridgehead atoms. The number of aromatic nitrogens is 3. The van der Waals surface area contributed by atoms with Crippen LogP contribution >= 0.6 is 12.2 Å². The summed E-state index contributed by atoms with van der Waals surface area (Å²) in [6.07, 6.45) is 5.11. The number of hydrogen-bond acceptors (Lipinski definition) is 4. The van der Waals surface area contributed by atoms with Crippen LogP contribution in [0, 0.1) is 17.1 Å². The van der Waals surface area contributed by atoms with Crippen LogP contribution in [0.4, 0.5) is 0 Å². The van der Waals surface area contributed by atoms with E-state index in [9.17, 15) is 4.79 Å². The molecule has 0 saturated carbocycles. The van der Waals surface area contributed by atoms with E-state index in [1.165, 1.54) is 0 Å². The predicted molar refractivity (Wildman–Crippen MR) is 81.2 cm³/mol. The van der Waals surface area contributed by atoms with Crippen molar-refractivity contribution in [1.29, 1.82) is 0 Å². The molecule has 2 rings (SSSR count). The van der Waals surface area contributed by atoms with Crippen molar-refractivity contribution in [1.82, 2.24) is 20.1 Å². The fourth-order valence-corrected chi connectivity index (χ4v) is 1.97. The number of rotatable bonds is 5. The zero-order valence-corrected chi connectivity index (χ0v) is 12.2. The number of benzene rings is 1. The van der Waals surface area contributed by atoms with Gasteiger partial charge in [0.05, 0.1) is 13.7 Å². The van der Waals surface area contributed by atoms with Crippen LogP contribution in [0.15, 0.2) is 24.3 Å². The number of ether oxygens (including phenoxy) is 1. The Balaban J connectivity index is 2.27. The molecule has 108 valence electrons. The minimum atomic E-state index is -0.222. The number of terminal acetylenes is 1. The van der Waals surface area contributed by atoms with Crippen LogP contribution in [-0.2, 0) is 11.3 Å².